The van der Waals surface area contributed by atoms with Gasteiger partial charge in [-0.15, -0.1) is 0 Å². The SMILES string of the molecule is CC(C)N1C(=O)[C@H](NC(=O)C(=O)N[C@@H](CO)Cc2ccccc2)c2ccccc21. The van der Waals surface area contributed by atoms with Gasteiger partial charge in [-0.3, -0.25) is 14.4 Å². The van der Waals surface area contributed by atoms with E-state index in [0.717, 1.165) is 11.3 Å². The normalized spacial score (nSPS) is 16.5. The Kier molecular flexibility index (Phi) is 6.29. The van der Waals surface area contributed by atoms with E-state index in [9.17, 15) is 19.5 Å². The summed E-state index contributed by atoms with van der Waals surface area (Å²) in [7, 11) is 0. The summed E-state index contributed by atoms with van der Waals surface area (Å²) in [4.78, 5) is 39.3. The van der Waals surface area contributed by atoms with Gasteiger partial charge in [0.1, 0.15) is 6.04 Å². The van der Waals surface area contributed by atoms with E-state index in [1.165, 1.54) is 0 Å². The number of aliphatic hydroxyl groups excluding tert-OH is 1. The lowest BCUT2D eigenvalue weighted by atomic mass is 10.1. The summed E-state index contributed by atoms with van der Waals surface area (Å²) in [6, 6.07) is 15.0. The van der Waals surface area contributed by atoms with Crippen molar-refractivity contribution in [2.24, 2.45) is 0 Å². The fraction of sp³-hybridized carbons (Fsp3) is 0.318. The number of carbonyl (C=O) groups is 3. The molecule has 1 heterocycles. The number of fused-ring (bicyclic) bond motifs is 1. The van der Waals surface area contributed by atoms with Crippen LogP contribution >= 0.6 is 0 Å². The van der Waals surface area contributed by atoms with Gasteiger partial charge in [-0.2, -0.15) is 0 Å². The summed E-state index contributed by atoms with van der Waals surface area (Å²) < 4.78 is 0. The van der Waals surface area contributed by atoms with Crippen molar-refractivity contribution in [3.63, 3.8) is 0 Å². The molecule has 7 heteroatoms. The highest BCUT2D eigenvalue weighted by Gasteiger charge is 2.40. The lowest BCUT2D eigenvalue weighted by Gasteiger charge is -2.22. The predicted octanol–water partition coefficient (Wildman–Crippen LogP) is 1.32. The zero-order valence-corrected chi connectivity index (χ0v) is 16.5. The van der Waals surface area contributed by atoms with Gasteiger partial charge in [0.2, 0.25) is 0 Å². The van der Waals surface area contributed by atoms with E-state index in [1.807, 2.05) is 56.3 Å². The molecule has 0 unspecified atom stereocenters. The van der Waals surface area contributed by atoms with E-state index in [2.05, 4.69) is 10.6 Å². The number of benzene rings is 2. The molecule has 3 rings (SSSR count). The zero-order chi connectivity index (χ0) is 21.0. The van der Waals surface area contributed by atoms with E-state index in [-0.39, 0.29) is 18.6 Å². The molecule has 0 aromatic heterocycles. The van der Waals surface area contributed by atoms with Gasteiger partial charge in [-0.05, 0) is 31.9 Å². The van der Waals surface area contributed by atoms with Crippen molar-refractivity contribution in [1.29, 1.82) is 0 Å². The van der Waals surface area contributed by atoms with Crippen molar-refractivity contribution in [3.05, 3.63) is 65.7 Å². The Morgan fingerprint density at radius 2 is 1.69 bits per heavy atom. The van der Waals surface area contributed by atoms with Crippen LogP contribution in [0.25, 0.3) is 0 Å². The molecule has 1 aliphatic rings. The van der Waals surface area contributed by atoms with Gasteiger partial charge in [-0.1, -0.05) is 48.5 Å². The highest BCUT2D eigenvalue weighted by molar-refractivity contribution is 6.35. The molecule has 0 aliphatic carbocycles. The molecule has 2 atom stereocenters. The molecular formula is C22H25N3O4. The molecule has 0 saturated carbocycles. The van der Waals surface area contributed by atoms with Gasteiger partial charge < -0.3 is 20.6 Å². The maximum atomic E-state index is 12.8. The molecule has 2 aromatic rings. The molecule has 3 amide bonds. The van der Waals surface area contributed by atoms with Gasteiger partial charge >= 0.3 is 11.8 Å². The first-order chi connectivity index (χ1) is 13.9. The third kappa shape index (κ3) is 4.46. The zero-order valence-electron chi connectivity index (χ0n) is 16.5. The molecule has 1 aliphatic heterocycles. The molecule has 7 nitrogen and oxygen atoms in total. The summed E-state index contributed by atoms with van der Waals surface area (Å²) in [5.41, 5.74) is 2.32. The Morgan fingerprint density at radius 1 is 1.03 bits per heavy atom. The summed E-state index contributed by atoms with van der Waals surface area (Å²) >= 11 is 0. The molecule has 3 N–H and O–H groups in total. The first-order valence-corrected chi connectivity index (χ1v) is 9.60. The minimum Gasteiger partial charge on any atom is -0.394 e. The van der Waals surface area contributed by atoms with E-state index in [0.29, 0.717) is 12.0 Å². The third-order valence-electron chi connectivity index (χ3n) is 4.87. The molecule has 29 heavy (non-hydrogen) atoms. The van der Waals surface area contributed by atoms with Crippen LogP contribution in [0.4, 0.5) is 5.69 Å². The Bertz CT molecular complexity index is 898. The Balaban J connectivity index is 1.68. The second-order valence-electron chi connectivity index (χ2n) is 7.31. The molecule has 0 radical (unpaired) electrons. The number of rotatable bonds is 6. The number of carbonyl (C=O) groups excluding carboxylic acids is 3. The average Bonchev–Trinajstić information content (AvgIpc) is 2.99. The first kappa shape index (κ1) is 20.5. The standard InChI is InChI=1S/C22H25N3O4/c1-14(2)25-18-11-7-6-10-17(18)19(22(25)29)24-21(28)20(27)23-16(13-26)12-15-8-4-3-5-9-15/h3-11,14,16,19,26H,12-13H2,1-2H3,(H,23,27)(H,24,28)/t16-,19-/m1/s1. The lowest BCUT2D eigenvalue weighted by molar-refractivity contribution is -0.141. The quantitative estimate of drug-likeness (QED) is 0.643. The number of amides is 3. The summed E-state index contributed by atoms with van der Waals surface area (Å²) in [6.45, 7) is 3.47. The van der Waals surface area contributed by atoms with Crippen molar-refractivity contribution in [2.45, 2.75) is 38.4 Å². The summed E-state index contributed by atoms with van der Waals surface area (Å²) in [5, 5.41) is 14.6. The van der Waals surface area contributed by atoms with Crippen LogP contribution < -0.4 is 15.5 Å². The van der Waals surface area contributed by atoms with Gasteiger partial charge in [0, 0.05) is 17.3 Å². The molecule has 0 bridgehead atoms. The number of hydrogen-bond donors (Lipinski definition) is 3. The average molecular weight is 395 g/mol. The Morgan fingerprint density at radius 3 is 2.34 bits per heavy atom. The topological polar surface area (TPSA) is 98.7 Å². The molecule has 2 aromatic carbocycles. The van der Waals surface area contributed by atoms with E-state index in [1.54, 1.807) is 17.0 Å². The van der Waals surface area contributed by atoms with Gasteiger partial charge in [0.15, 0.2) is 0 Å². The van der Waals surface area contributed by atoms with Crippen molar-refractivity contribution in [2.75, 3.05) is 11.5 Å². The van der Waals surface area contributed by atoms with E-state index < -0.39 is 23.9 Å². The summed E-state index contributed by atoms with van der Waals surface area (Å²) in [5.74, 6) is -2.06. The van der Waals surface area contributed by atoms with Crippen LogP contribution in [-0.4, -0.2) is 41.5 Å². The fourth-order valence-electron chi connectivity index (χ4n) is 3.52. The van der Waals surface area contributed by atoms with E-state index >= 15 is 0 Å². The van der Waals surface area contributed by atoms with Crippen LogP contribution in [0.2, 0.25) is 0 Å². The second-order valence-corrected chi connectivity index (χ2v) is 7.31. The maximum absolute atomic E-state index is 12.8. The smallest absolute Gasteiger partial charge is 0.310 e. The highest BCUT2D eigenvalue weighted by atomic mass is 16.3. The van der Waals surface area contributed by atoms with Gasteiger partial charge in [-0.25, -0.2) is 0 Å². The van der Waals surface area contributed by atoms with Crippen molar-refractivity contribution in [3.8, 4) is 0 Å². The van der Waals surface area contributed by atoms with Crippen LogP contribution in [0.1, 0.15) is 31.0 Å². The maximum Gasteiger partial charge on any atom is 0.310 e. The van der Waals surface area contributed by atoms with Crippen LogP contribution in [-0.2, 0) is 20.8 Å². The highest BCUT2D eigenvalue weighted by Crippen LogP contribution is 2.36. The second kappa shape index (κ2) is 8.87. The van der Waals surface area contributed by atoms with Crippen molar-refractivity contribution in [1.82, 2.24) is 10.6 Å². The van der Waals surface area contributed by atoms with Crippen molar-refractivity contribution < 1.29 is 19.5 Å². The lowest BCUT2D eigenvalue weighted by Crippen LogP contribution is -2.49. The van der Waals surface area contributed by atoms with E-state index in [4.69, 9.17) is 0 Å². The number of aliphatic hydroxyl groups is 1. The predicted molar refractivity (Wildman–Crippen MR) is 109 cm³/mol. The summed E-state index contributed by atoms with van der Waals surface area (Å²) in [6.07, 6.45) is 0.392. The minimum absolute atomic E-state index is 0.0796. The molecule has 0 saturated heterocycles. The van der Waals surface area contributed by atoms with Crippen LogP contribution in [0.5, 0.6) is 0 Å². The van der Waals surface area contributed by atoms with Crippen LogP contribution in [0, 0.1) is 0 Å². The Labute approximate surface area is 169 Å². The third-order valence-corrected chi connectivity index (χ3v) is 4.87. The molecule has 0 fully saturated rings. The van der Waals surface area contributed by atoms with Gasteiger partial charge in [0.25, 0.3) is 5.91 Å². The number of hydrogen-bond acceptors (Lipinski definition) is 4. The molecular weight excluding hydrogens is 370 g/mol. The van der Waals surface area contributed by atoms with Gasteiger partial charge in [0.05, 0.1) is 12.6 Å². The Hall–Kier alpha value is -3.19. The largest absolute Gasteiger partial charge is 0.394 e. The first-order valence-electron chi connectivity index (χ1n) is 9.60. The van der Waals surface area contributed by atoms with Crippen LogP contribution in [0.3, 0.4) is 0 Å². The number of nitrogens with one attached hydrogen (secondary N) is 2. The number of anilines is 1. The molecule has 0 spiro atoms. The van der Waals surface area contributed by atoms with Crippen LogP contribution in [0.15, 0.2) is 54.6 Å². The fourth-order valence-corrected chi connectivity index (χ4v) is 3.52. The number of para-hydroxylation sites is 1. The number of nitrogens with zero attached hydrogens (tertiary/aromatic N) is 1. The monoisotopic (exact) mass is 395 g/mol. The van der Waals surface area contributed by atoms with Crippen molar-refractivity contribution >= 4 is 23.4 Å². The minimum atomic E-state index is -0.909. The molecule has 152 valence electrons.